The third kappa shape index (κ3) is 4.86. The van der Waals surface area contributed by atoms with Gasteiger partial charge in [0.05, 0.1) is 24.9 Å². The van der Waals surface area contributed by atoms with Crippen molar-refractivity contribution in [3.8, 4) is 0 Å². The van der Waals surface area contributed by atoms with Crippen LogP contribution in [0.15, 0.2) is 42.7 Å². The first-order chi connectivity index (χ1) is 14.7. The van der Waals surface area contributed by atoms with E-state index < -0.39 is 5.92 Å². The molecular weight excluding hydrogens is 404 g/mol. The van der Waals surface area contributed by atoms with E-state index >= 15 is 0 Å². The lowest BCUT2D eigenvalue weighted by Crippen LogP contribution is -2.27. The fourth-order valence-corrected chi connectivity index (χ4v) is 4.04. The average molecular weight is 427 g/mol. The minimum absolute atomic E-state index is 0.175. The molecule has 1 aliphatic heterocycles. The number of aromatic nitrogens is 5. The number of amides is 1. The third-order valence-corrected chi connectivity index (χ3v) is 5.55. The van der Waals surface area contributed by atoms with E-state index in [1.54, 1.807) is 19.5 Å². The summed E-state index contributed by atoms with van der Waals surface area (Å²) in [5, 5.41) is 23.5. The van der Waals surface area contributed by atoms with Gasteiger partial charge in [0.15, 0.2) is 0 Å². The van der Waals surface area contributed by atoms with Crippen LogP contribution < -0.4 is 15.5 Å². The van der Waals surface area contributed by atoms with Crippen LogP contribution in [0.5, 0.6) is 0 Å². The van der Waals surface area contributed by atoms with Crippen LogP contribution in [-0.2, 0) is 9.53 Å². The summed E-state index contributed by atoms with van der Waals surface area (Å²) in [7, 11) is 1.58. The Bertz CT molecular complexity index is 955. The van der Waals surface area contributed by atoms with Gasteiger partial charge in [-0.25, -0.2) is 4.98 Å². The SMILES string of the molecule is COC[C@H](C(=O)Nc1nnc(N[C@@H]2CCN(c3nccnn3)C2)s1)c1ccccc1. The molecular formula is C19H22N8O2S. The second kappa shape index (κ2) is 9.55. The molecule has 1 aliphatic rings. The maximum Gasteiger partial charge on any atom is 0.245 e. The molecule has 2 aromatic heterocycles. The van der Waals surface area contributed by atoms with Crippen LogP contribution in [0, 0.1) is 0 Å². The molecule has 4 rings (SSSR count). The molecule has 0 unspecified atom stereocenters. The van der Waals surface area contributed by atoms with Crippen LogP contribution in [0.3, 0.4) is 0 Å². The van der Waals surface area contributed by atoms with Crippen LogP contribution in [-0.4, -0.2) is 64.1 Å². The molecule has 0 aliphatic carbocycles. The van der Waals surface area contributed by atoms with Gasteiger partial charge in [0.1, 0.15) is 0 Å². The van der Waals surface area contributed by atoms with Gasteiger partial charge in [-0.2, -0.15) is 5.10 Å². The molecule has 1 saturated heterocycles. The number of hydrogen-bond acceptors (Lipinski definition) is 10. The summed E-state index contributed by atoms with van der Waals surface area (Å²) in [6.45, 7) is 1.87. The maximum absolute atomic E-state index is 12.8. The highest BCUT2D eigenvalue weighted by Crippen LogP contribution is 2.25. The van der Waals surface area contributed by atoms with E-state index in [9.17, 15) is 4.79 Å². The van der Waals surface area contributed by atoms with E-state index in [-0.39, 0.29) is 18.6 Å². The van der Waals surface area contributed by atoms with Crippen LogP contribution in [0.25, 0.3) is 0 Å². The van der Waals surface area contributed by atoms with Crippen molar-refractivity contribution in [1.82, 2.24) is 25.4 Å². The molecule has 11 heteroatoms. The fourth-order valence-electron chi connectivity index (χ4n) is 3.32. The van der Waals surface area contributed by atoms with E-state index in [0.29, 0.717) is 16.2 Å². The number of nitrogens with zero attached hydrogens (tertiary/aromatic N) is 6. The summed E-state index contributed by atoms with van der Waals surface area (Å²) in [5.74, 6) is 0.0306. The number of carbonyl (C=O) groups excluding carboxylic acids is 1. The number of nitrogens with one attached hydrogen (secondary N) is 2. The zero-order chi connectivity index (χ0) is 20.8. The van der Waals surface area contributed by atoms with Crippen molar-refractivity contribution in [3.05, 3.63) is 48.3 Å². The monoisotopic (exact) mass is 426 g/mol. The summed E-state index contributed by atoms with van der Waals surface area (Å²) < 4.78 is 5.23. The van der Waals surface area contributed by atoms with Crippen molar-refractivity contribution < 1.29 is 9.53 Å². The molecule has 0 radical (unpaired) electrons. The maximum atomic E-state index is 12.8. The van der Waals surface area contributed by atoms with Crippen molar-refractivity contribution >= 4 is 33.5 Å². The Morgan fingerprint density at radius 2 is 2.07 bits per heavy atom. The van der Waals surface area contributed by atoms with Gasteiger partial charge < -0.3 is 15.0 Å². The lowest BCUT2D eigenvalue weighted by atomic mass is 9.99. The number of carbonyl (C=O) groups is 1. The van der Waals surface area contributed by atoms with Crippen molar-refractivity contribution in [2.24, 2.45) is 0 Å². The third-order valence-electron chi connectivity index (χ3n) is 4.78. The van der Waals surface area contributed by atoms with Crippen molar-refractivity contribution in [1.29, 1.82) is 0 Å². The van der Waals surface area contributed by atoms with Crippen LogP contribution in [0.2, 0.25) is 0 Å². The molecule has 0 bridgehead atoms. The molecule has 10 nitrogen and oxygen atoms in total. The Morgan fingerprint density at radius 3 is 2.83 bits per heavy atom. The fraction of sp³-hybridized carbons (Fsp3) is 0.368. The number of anilines is 3. The molecule has 1 aromatic carbocycles. The standard InChI is InChI=1S/C19H22N8O2S/c1-29-12-15(13-5-3-2-4-6-13)16(28)23-19-26-25-18(30-19)22-14-7-10-27(11-14)17-20-8-9-21-24-17/h2-6,8-9,14-15H,7,10-12H2,1H3,(H,22,25)(H,23,26,28)/t14-,15+/m1/s1. The molecule has 30 heavy (non-hydrogen) atoms. The second-order valence-corrected chi connectivity index (χ2v) is 7.82. The van der Waals surface area contributed by atoms with Crippen LogP contribution >= 0.6 is 11.3 Å². The zero-order valence-electron chi connectivity index (χ0n) is 16.4. The molecule has 156 valence electrons. The number of ether oxygens (including phenoxy) is 1. The molecule has 2 atom stereocenters. The minimum atomic E-state index is -0.417. The van der Waals surface area contributed by atoms with Gasteiger partial charge in [-0.05, 0) is 12.0 Å². The lowest BCUT2D eigenvalue weighted by molar-refractivity contribution is -0.118. The second-order valence-electron chi connectivity index (χ2n) is 6.84. The van der Waals surface area contributed by atoms with Gasteiger partial charge in [0, 0.05) is 26.2 Å². The number of methoxy groups -OCH3 is 1. The Kier molecular flexibility index (Phi) is 6.40. The highest BCUT2D eigenvalue weighted by atomic mass is 32.1. The number of hydrogen-bond donors (Lipinski definition) is 2. The van der Waals surface area contributed by atoms with Crippen molar-refractivity contribution in [2.75, 3.05) is 42.3 Å². The number of benzene rings is 1. The van der Waals surface area contributed by atoms with E-state index in [0.717, 1.165) is 25.1 Å². The van der Waals surface area contributed by atoms with E-state index in [1.165, 1.54) is 11.3 Å². The predicted octanol–water partition coefficient (Wildman–Crippen LogP) is 1.78. The largest absolute Gasteiger partial charge is 0.384 e. The van der Waals surface area contributed by atoms with Gasteiger partial charge in [-0.3, -0.25) is 10.1 Å². The first-order valence-corrected chi connectivity index (χ1v) is 10.4. The number of rotatable bonds is 8. The lowest BCUT2D eigenvalue weighted by Gasteiger charge is -2.15. The van der Waals surface area contributed by atoms with E-state index in [2.05, 4.69) is 40.9 Å². The molecule has 3 aromatic rings. The normalized spacial score (nSPS) is 17.0. The molecule has 3 heterocycles. The van der Waals surface area contributed by atoms with Gasteiger partial charge in [0.2, 0.25) is 22.1 Å². The minimum Gasteiger partial charge on any atom is -0.384 e. The van der Waals surface area contributed by atoms with Gasteiger partial charge in [-0.1, -0.05) is 41.7 Å². The summed E-state index contributed by atoms with van der Waals surface area (Å²) in [6.07, 6.45) is 4.11. The summed E-state index contributed by atoms with van der Waals surface area (Å²) >= 11 is 1.31. The van der Waals surface area contributed by atoms with Gasteiger partial charge >= 0.3 is 0 Å². The molecule has 2 N–H and O–H groups in total. The van der Waals surface area contributed by atoms with Gasteiger partial charge in [-0.15, -0.1) is 15.3 Å². The molecule has 1 fully saturated rings. The van der Waals surface area contributed by atoms with Gasteiger partial charge in [0.25, 0.3) is 0 Å². The molecule has 1 amide bonds. The first kappa shape index (κ1) is 20.1. The highest BCUT2D eigenvalue weighted by molar-refractivity contribution is 7.19. The summed E-state index contributed by atoms with van der Waals surface area (Å²) in [5.41, 5.74) is 0.892. The summed E-state index contributed by atoms with van der Waals surface area (Å²) in [6, 6.07) is 9.73. The Hall–Kier alpha value is -3.18. The summed E-state index contributed by atoms with van der Waals surface area (Å²) in [4.78, 5) is 19.1. The molecule has 0 saturated carbocycles. The topological polar surface area (TPSA) is 118 Å². The Morgan fingerprint density at radius 1 is 1.23 bits per heavy atom. The van der Waals surface area contributed by atoms with E-state index in [4.69, 9.17) is 4.74 Å². The average Bonchev–Trinajstić information content (AvgIpc) is 3.43. The zero-order valence-corrected chi connectivity index (χ0v) is 17.2. The van der Waals surface area contributed by atoms with Crippen LogP contribution in [0.1, 0.15) is 17.9 Å². The Balaban J connectivity index is 1.34. The highest BCUT2D eigenvalue weighted by Gasteiger charge is 2.26. The van der Waals surface area contributed by atoms with Crippen molar-refractivity contribution in [2.45, 2.75) is 18.4 Å². The predicted molar refractivity (Wildman–Crippen MR) is 114 cm³/mol. The van der Waals surface area contributed by atoms with E-state index in [1.807, 2.05) is 30.3 Å². The smallest absolute Gasteiger partial charge is 0.245 e. The molecule has 0 spiro atoms. The quantitative estimate of drug-likeness (QED) is 0.555. The Labute approximate surface area is 177 Å². The van der Waals surface area contributed by atoms with Crippen LogP contribution in [0.4, 0.5) is 16.2 Å². The van der Waals surface area contributed by atoms with Crippen molar-refractivity contribution in [3.63, 3.8) is 0 Å². The first-order valence-electron chi connectivity index (χ1n) is 9.56.